The summed E-state index contributed by atoms with van der Waals surface area (Å²) in [5, 5.41) is 27.5. The van der Waals surface area contributed by atoms with Gasteiger partial charge in [0.15, 0.2) is 11.5 Å². The molecule has 1 spiro atoms. The van der Waals surface area contributed by atoms with Crippen molar-refractivity contribution in [3.05, 3.63) is 65.4 Å². The average molecular weight is 571 g/mol. The molecule has 5 atom stereocenters. The highest BCUT2D eigenvalue weighted by Gasteiger charge is 2.73. The van der Waals surface area contributed by atoms with E-state index in [9.17, 15) is 15.0 Å². The third-order valence-electron chi connectivity index (χ3n) is 9.93. The number of para-hydroxylation sites is 1. The van der Waals surface area contributed by atoms with E-state index in [0.717, 1.165) is 53.9 Å². The van der Waals surface area contributed by atoms with E-state index < -0.39 is 17.1 Å². The first kappa shape index (κ1) is 26.6. The number of aromatic hydroxyl groups is 1. The predicted molar refractivity (Wildman–Crippen MR) is 152 cm³/mol. The number of nitrogens with zero attached hydrogens (tertiary/aromatic N) is 2. The number of fused-ring (bicyclic) bond motifs is 1. The van der Waals surface area contributed by atoms with E-state index in [1.807, 2.05) is 36.4 Å². The van der Waals surface area contributed by atoms with Gasteiger partial charge in [-0.15, -0.1) is 24.8 Å². The lowest BCUT2D eigenvalue weighted by Crippen LogP contribution is -2.78. The first-order valence-electron chi connectivity index (χ1n) is 13.6. The van der Waals surface area contributed by atoms with Gasteiger partial charge in [-0.1, -0.05) is 24.3 Å². The highest BCUT2D eigenvalue weighted by Crippen LogP contribution is 2.65. The molecule has 9 heteroatoms. The van der Waals surface area contributed by atoms with Gasteiger partial charge in [0.05, 0.1) is 28.1 Å². The van der Waals surface area contributed by atoms with Crippen LogP contribution >= 0.6 is 24.8 Å². The van der Waals surface area contributed by atoms with Gasteiger partial charge in [0, 0.05) is 29.7 Å². The Morgan fingerprint density at radius 3 is 2.77 bits per heavy atom. The standard InChI is InChI=1S/C30H31N3O4.2ClH/c34-23-8-7-19-14-24-30(36)10-9-22(32-28(35)20-13-18-3-1-2-4-21(18)31-15-20)27-29(30,25(19)26(23)37-27)11-12-33(24)16-17-5-6-17;;/h1-4,7-8,13,15,17,22,24,27,34,36H,5-6,9-12,14,16H2,(H,32,35);2*1H/t22-,24+,27-,29-,30+;;/m0../s1. The van der Waals surface area contributed by atoms with Gasteiger partial charge < -0.3 is 20.3 Å². The van der Waals surface area contributed by atoms with Crippen LogP contribution < -0.4 is 10.1 Å². The Bertz CT molecular complexity index is 1470. The van der Waals surface area contributed by atoms with E-state index in [0.29, 0.717) is 24.2 Å². The number of phenols is 1. The molecule has 3 heterocycles. The monoisotopic (exact) mass is 569 g/mol. The van der Waals surface area contributed by atoms with Crippen LogP contribution in [0.5, 0.6) is 11.5 Å². The van der Waals surface area contributed by atoms with Crippen LogP contribution in [0.3, 0.4) is 0 Å². The highest BCUT2D eigenvalue weighted by molar-refractivity contribution is 5.97. The maximum atomic E-state index is 13.5. The lowest BCUT2D eigenvalue weighted by molar-refractivity contribution is -0.191. The molecule has 0 unspecified atom stereocenters. The summed E-state index contributed by atoms with van der Waals surface area (Å²) < 4.78 is 6.56. The Kier molecular flexibility index (Phi) is 6.30. The van der Waals surface area contributed by atoms with Gasteiger partial charge in [0.25, 0.3) is 5.91 Å². The maximum absolute atomic E-state index is 13.5. The molecule has 7 nitrogen and oxygen atoms in total. The van der Waals surface area contributed by atoms with Gasteiger partial charge >= 0.3 is 0 Å². The van der Waals surface area contributed by atoms with E-state index in [-0.39, 0.29) is 48.6 Å². The summed E-state index contributed by atoms with van der Waals surface area (Å²) in [6.07, 6.45) is 6.48. The van der Waals surface area contributed by atoms with Gasteiger partial charge in [-0.05, 0) is 74.8 Å². The Balaban J connectivity index is 0.00000138. The number of rotatable bonds is 4. The van der Waals surface area contributed by atoms with Crippen molar-refractivity contribution in [2.75, 3.05) is 13.1 Å². The van der Waals surface area contributed by atoms with Crippen molar-refractivity contribution in [3.63, 3.8) is 0 Å². The van der Waals surface area contributed by atoms with Crippen LogP contribution in [-0.2, 0) is 11.8 Å². The Morgan fingerprint density at radius 2 is 1.95 bits per heavy atom. The molecule has 3 aromatic rings. The van der Waals surface area contributed by atoms with Crippen LogP contribution in [0.1, 0.15) is 53.6 Å². The number of ether oxygens (including phenoxy) is 1. The Hall–Kier alpha value is -2.58. The first-order valence-corrected chi connectivity index (χ1v) is 13.6. The molecule has 2 aromatic carbocycles. The van der Waals surface area contributed by atoms with Crippen molar-refractivity contribution in [3.8, 4) is 11.5 Å². The summed E-state index contributed by atoms with van der Waals surface area (Å²) in [5.41, 5.74) is 1.91. The number of hydrogen-bond acceptors (Lipinski definition) is 6. The molecule has 206 valence electrons. The molecule has 39 heavy (non-hydrogen) atoms. The molecule has 8 rings (SSSR count). The summed E-state index contributed by atoms with van der Waals surface area (Å²) in [6.45, 7) is 1.94. The molecule has 3 fully saturated rings. The molecular formula is C30H33Cl2N3O4. The number of carbonyl (C=O) groups excluding carboxylic acids is 1. The smallest absolute Gasteiger partial charge is 0.253 e. The Morgan fingerprint density at radius 1 is 1.13 bits per heavy atom. The van der Waals surface area contributed by atoms with Crippen LogP contribution in [0.2, 0.25) is 0 Å². The number of halogens is 2. The average Bonchev–Trinajstić information content (AvgIpc) is 3.65. The third-order valence-corrected chi connectivity index (χ3v) is 9.93. The molecule has 1 amide bonds. The molecule has 0 radical (unpaired) electrons. The molecule has 1 saturated heterocycles. The number of amides is 1. The zero-order valence-electron chi connectivity index (χ0n) is 21.5. The normalized spacial score (nSPS) is 31.9. The topological polar surface area (TPSA) is 94.9 Å². The van der Waals surface area contributed by atoms with Gasteiger partial charge in [-0.25, -0.2) is 0 Å². The molecule has 2 bridgehead atoms. The van der Waals surface area contributed by atoms with E-state index in [2.05, 4.69) is 15.2 Å². The fraction of sp³-hybridized carbons (Fsp3) is 0.467. The molecule has 3 N–H and O–H groups in total. The summed E-state index contributed by atoms with van der Waals surface area (Å²) >= 11 is 0. The van der Waals surface area contributed by atoms with Crippen LogP contribution in [0, 0.1) is 5.92 Å². The first-order chi connectivity index (χ1) is 18.0. The number of carbonyl (C=O) groups is 1. The van der Waals surface area contributed by atoms with Crippen molar-refractivity contribution < 1.29 is 19.7 Å². The SMILES string of the molecule is Cl.Cl.O=C(N[C@H]1CC[C@@]2(O)[C@H]3Cc4ccc(O)c5c4[C@@]2(CCN3CC2CC2)[C@H]1O5)c1cnc2ccccc2c1. The van der Waals surface area contributed by atoms with Crippen molar-refractivity contribution >= 4 is 41.6 Å². The summed E-state index contributed by atoms with van der Waals surface area (Å²) in [6, 6.07) is 13.1. The number of aliphatic hydroxyl groups is 1. The van der Waals surface area contributed by atoms with Gasteiger partial charge in [-0.2, -0.15) is 0 Å². The molecular weight excluding hydrogens is 537 g/mol. The number of phenolic OH excluding ortho intramolecular Hbond substituents is 1. The predicted octanol–water partition coefficient (Wildman–Crippen LogP) is 4.15. The van der Waals surface area contributed by atoms with Crippen molar-refractivity contribution in [1.29, 1.82) is 0 Å². The fourth-order valence-electron chi connectivity index (χ4n) is 8.08. The summed E-state index contributed by atoms with van der Waals surface area (Å²) in [4.78, 5) is 20.4. The number of likely N-dealkylation sites (tertiary alicyclic amines) is 1. The second-order valence-electron chi connectivity index (χ2n) is 11.8. The Labute approximate surface area is 239 Å². The minimum absolute atomic E-state index is 0. The second-order valence-corrected chi connectivity index (χ2v) is 11.8. The van der Waals surface area contributed by atoms with Crippen molar-refractivity contribution in [1.82, 2.24) is 15.2 Å². The zero-order chi connectivity index (χ0) is 24.9. The van der Waals surface area contributed by atoms with Crippen LogP contribution in [0.4, 0.5) is 0 Å². The number of hydrogen-bond donors (Lipinski definition) is 3. The van der Waals surface area contributed by atoms with Gasteiger partial charge in [-0.3, -0.25) is 14.7 Å². The minimum Gasteiger partial charge on any atom is -0.504 e. The van der Waals surface area contributed by atoms with E-state index in [1.54, 1.807) is 12.3 Å². The van der Waals surface area contributed by atoms with Gasteiger partial charge in [0.1, 0.15) is 6.10 Å². The summed E-state index contributed by atoms with van der Waals surface area (Å²) in [5.74, 6) is 1.18. The molecule has 3 aliphatic carbocycles. The number of benzene rings is 2. The van der Waals surface area contributed by atoms with E-state index >= 15 is 0 Å². The van der Waals surface area contributed by atoms with Crippen LogP contribution in [0.15, 0.2) is 48.7 Å². The lowest BCUT2D eigenvalue weighted by Gasteiger charge is -2.64. The van der Waals surface area contributed by atoms with E-state index in [1.165, 1.54) is 12.8 Å². The lowest BCUT2D eigenvalue weighted by atomic mass is 9.48. The third kappa shape index (κ3) is 3.63. The second kappa shape index (κ2) is 9.23. The fourth-order valence-corrected chi connectivity index (χ4v) is 8.08. The van der Waals surface area contributed by atoms with Crippen molar-refractivity contribution in [2.24, 2.45) is 5.92 Å². The number of aromatic nitrogens is 1. The molecule has 1 aromatic heterocycles. The highest BCUT2D eigenvalue weighted by atomic mass is 35.5. The maximum Gasteiger partial charge on any atom is 0.253 e. The molecule has 2 saturated carbocycles. The zero-order valence-corrected chi connectivity index (χ0v) is 23.1. The number of pyridine rings is 1. The van der Waals surface area contributed by atoms with Crippen LogP contribution in [-0.4, -0.2) is 62.9 Å². The van der Waals surface area contributed by atoms with Gasteiger partial charge in [0.2, 0.25) is 0 Å². The largest absolute Gasteiger partial charge is 0.504 e. The molecule has 5 aliphatic rings. The quantitative estimate of drug-likeness (QED) is 0.437. The summed E-state index contributed by atoms with van der Waals surface area (Å²) in [7, 11) is 0. The van der Waals surface area contributed by atoms with Crippen molar-refractivity contribution in [2.45, 2.75) is 67.7 Å². The van der Waals surface area contributed by atoms with Crippen LogP contribution in [0.25, 0.3) is 10.9 Å². The van der Waals surface area contributed by atoms with E-state index in [4.69, 9.17) is 4.74 Å². The minimum atomic E-state index is -0.956. The number of nitrogens with one attached hydrogen (secondary N) is 1. The number of piperidine rings is 1. The molecule has 2 aliphatic heterocycles.